The second-order valence-electron chi connectivity index (χ2n) is 4.13. The number of aromatic nitrogens is 2. The molecule has 1 heterocycles. The zero-order chi connectivity index (χ0) is 12.3. The van der Waals surface area contributed by atoms with Gasteiger partial charge in [0.2, 0.25) is 0 Å². The number of rotatable bonds is 4. The van der Waals surface area contributed by atoms with Gasteiger partial charge < -0.3 is 9.30 Å². The summed E-state index contributed by atoms with van der Waals surface area (Å²) < 4.78 is 7.77. The van der Waals surface area contributed by atoms with Gasteiger partial charge in [-0.2, -0.15) is 0 Å². The minimum absolute atomic E-state index is 0.390. The van der Waals surface area contributed by atoms with Crippen molar-refractivity contribution in [3.8, 4) is 5.75 Å². The van der Waals surface area contributed by atoms with Gasteiger partial charge in [0.25, 0.3) is 0 Å². The first kappa shape index (κ1) is 12.0. The van der Waals surface area contributed by atoms with Crippen molar-refractivity contribution in [3.63, 3.8) is 0 Å². The van der Waals surface area contributed by atoms with Crippen molar-refractivity contribution in [2.24, 2.45) is 0 Å². The number of hydrogen-bond acceptors (Lipinski definition) is 2. The molecule has 0 fully saturated rings. The Morgan fingerprint density at radius 1 is 1.29 bits per heavy atom. The number of halogens is 1. The van der Waals surface area contributed by atoms with Crippen molar-refractivity contribution in [2.45, 2.75) is 26.5 Å². The van der Waals surface area contributed by atoms with Crippen LogP contribution in [0.3, 0.4) is 0 Å². The molecule has 1 aromatic heterocycles. The summed E-state index contributed by atoms with van der Waals surface area (Å²) in [6.45, 7) is 4.75. The molecule has 3 nitrogen and oxygen atoms in total. The Bertz CT molecular complexity index is 476. The molecule has 0 radical (unpaired) electrons. The first-order valence-corrected chi connectivity index (χ1v) is 5.93. The molecular formula is C13H15ClN2O. The summed E-state index contributed by atoms with van der Waals surface area (Å²) in [5.74, 6) is 0.811. The van der Waals surface area contributed by atoms with Crippen LogP contribution in [-0.2, 0) is 6.61 Å². The average Bonchev–Trinajstić information content (AvgIpc) is 2.76. The van der Waals surface area contributed by atoms with Crippen LogP contribution >= 0.6 is 11.6 Å². The van der Waals surface area contributed by atoms with Gasteiger partial charge >= 0.3 is 0 Å². The van der Waals surface area contributed by atoms with Gasteiger partial charge in [-0.15, -0.1) is 0 Å². The molecule has 0 aliphatic rings. The van der Waals surface area contributed by atoms with Crippen molar-refractivity contribution in [2.75, 3.05) is 0 Å². The fourth-order valence-electron chi connectivity index (χ4n) is 1.60. The van der Waals surface area contributed by atoms with Crippen LogP contribution in [0.1, 0.15) is 25.6 Å². The quantitative estimate of drug-likeness (QED) is 0.827. The molecule has 0 spiro atoms. The minimum atomic E-state index is 0.390. The summed E-state index contributed by atoms with van der Waals surface area (Å²) in [6, 6.07) is 7.74. The highest BCUT2D eigenvalue weighted by molar-refractivity contribution is 6.30. The number of imidazole rings is 1. The van der Waals surface area contributed by atoms with Gasteiger partial charge in [0, 0.05) is 11.1 Å². The molecule has 0 bridgehead atoms. The second-order valence-corrected chi connectivity index (χ2v) is 4.57. The molecule has 4 heteroatoms. The summed E-state index contributed by atoms with van der Waals surface area (Å²) in [5, 5.41) is 0.713. The third-order valence-electron chi connectivity index (χ3n) is 2.50. The van der Waals surface area contributed by atoms with Gasteiger partial charge in [-0.1, -0.05) is 11.6 Å². The maximum absolute atomic E-state index is 5.81. The normalized spacial score (nSPS) is 10.8. The standard InChI is InChI=1S/C13H15ClN2O/c1-10(2)16-9-15-7-12(16)8-17-13-5-3-11(14)4-6-13/h3-7,9-10H,8H2,1-2H3. The SMILES string of the molecule is CC(C)n1cncc1COc1ccc(Cl)cc1. The fraction of sp³-hybridized carbons (Fsp3) is 0.308. The Balaban J connectivity index is 2.02. The van der Waals surface area contributed by atoms with E-state index in [1.54, 1.807) is 0 Å². The predicted molar refractivity (Wildman–Crippen MR) is 68.4 cm³/mol. The van der Waals surface area contributed by atoms with E-state index >= 15 is 0 Å². The van der Waals surface area contributed by atoms with Gasteiger partial charge in [-0.3, -0.25) is 0 Å². The molecule has 2 rings (SSSR count). The molecule has 2 aromatic rings. The molecule has 17 heavy (non-hydrogen) atoms. The van der Waals surface area contributed by atoms with Crippen molar-refractivity contribution in [1.82, 2.24) is 9.55 Å². The van der Waals surface area contributed by atoms with Crippen LogP contribution in [0.15, 0.2) is 36.8 Å². The predicted octanol–water partition coefficient (Wildman–Crippen LogP) is 3.70. The van der Waals surface area contributed by atoms with E-state index in [2.05, 4.69) is 23.4 Å². The van der Waals surface area contributed by atoms with E-state index in [1.807, 2.05) is 36.8 Å². The first-order chi connectivity index (χ1) is 8.16. The molecule has 0 aliphatic heterocycles. The van der Waals surface area contributed by atoms with Crippen LogP contribution in [0.25, 0.3) is 0 Å². The molecule has 90 valence electrons. The third kappa shape index (κ3) is 3.01. The lowest BCUT2D eigenvalue weighted by atomic mass is 10.3. The zero-order valence-corrected chi connectivity index (χ0v) is 10.7. The summed E-state index contributed by atoms with van der Waals surface area (Å²) in [6.07, 6.45) is 3.65. The number of ether oxygens (including phenoxy) is 1. The van der Waals surface area contributed by atoms with Crippen molar-refractivity contribution >= 4 is 11.6 Å². The lowest BCUT2D eigenvalue weighted by molar-refractivity contribution is 0.292. The molecule has 0 unspecified atom stereocenters. The van der Waals surface area contributed by atoms with E-state index in [-0.39, 0.29) is 0 Å². The molecule has 0 N–H and O–H groups in total. The Kier molecular flexibility index (Phi) is 3.69. The average molecular weight is 251 g/mol. The molecule has 0 amide bonds. The topological polar surface area (TPSA) is 27.1 Å². The van der Waals surface area contributed by atoms with E-state index in [9.17, 15) is 0 Å². The van der Waals surface area contributed by atoms with Gasteiger partial charge in [0.1, 0.15) is 12.4 Å². The maximum atomic E-state index is 5.81. The van der Waals surface area contributed by atoms with Crippen molar-refractivity contribution < 1.29 is 4.74 Å². The monoisotopic (exact) mass is 250 g/mol. The van der Waals surface area contributed by atoms with Crippen LogP contribution in [-0.4, -0.2) is 9.55 Å². The first-order valence-electron chi connectivity index (χ1n) is 5.56. The third-order valence-corrected chi connectivity index (χ3v) is 2.75. The molecule has 0 aliphatic carbocycles. The van der Waals surface area contributed by atoms with Crippen molar-refractivity contribution in [3.05, 3.63) is 47.5 Å². The van der Waals surface area contributed by atoms with Gasteiger partial charge in [0.05, 0.1) is 18.2 Å². The number of hydrogen-bond donors (Lipinski definition) is 0. The van der Waals surface area contributed by atoms with E-state index in [0.717, 1.165) is 11.4 Å². The smallest absolute Gasteiger partial charge is 0.130 e. The molecule has 0 saturated carbocycles. The minimum Gasteiger partial charge on any atom is -0.487 e. The van der Waals surface area contributed by atoms with Crippen molar-refractivity contribution in [1.29, 1.82) is 0 Å². The van der Waals surface area contributed by atoms with Crippen LogP contribution in [0.2, 0.25) is 5.02 Å². The molecular weight excluding hydrogens is 236 g/mol. The van der Waals surface area contributed by atoms with Gasteiger partial charge in [-0.05, 0) is 38.1 Å². The zero-order valence-electron chi connectivity index (χ0n) is 9.93. The van der Waals surface area contributed by atoms with Gasteiger partial charge in [-0.25, -0.2) is 4.98 Å². The number of nitrogens with zero attached hydrogens (tertiary/aromatic N) is 2. The lowest BCUT2D eigenvalue weighted by Gasteiger charge is -2.12. The summed E-state index contributed by atoms with van der Waals surface area (Å²) in [5.41, 5.74) is 1.06. The Morgan fingerprint density at radius 3 is 2.65 bits per heavy atom. The van der Waals surface area contributed by atoms with E-state index < -0.39 is 0 Å². The van der Waals surface area contributed by atoms with Crippen LogP contribution in [0, 0.1) is 0 Å². The lowest BCUT2D eigenvalue weighted by Crippen LogP contribution is -2.07. The second kappa shape index (κ2) is 5.23. The van der Waals surface area contributed by atoms with Gasteiger partial charge in [0.15, 0.2) is 0 Å². The van der Waals surface area contributed by atoms with E-state index in [0.29, 0.717) is 17.7 Å². The summed E-state index contributed by atoms with van der Waals surface area (Å²) in [7, 11) is 0. The van der Waals surface area contributed by atoms with E-state index in [1.165, 1.54) is 0 Å². The maximum Gasteiger partial charge on any atom is 0.130 e. The van der Waals surface area contributed by atoms with Crippen LogP contribution < -0.4 is 4.74 Å². The largest absolute Gasteiger partial charge is 0.487 e. The fourth-order valence-corrected chi connectivity index (χ4v) is 1.72. The van der Waals surface area contributed by atoms with Crippen LogP contribution in [0.5, 0.6) is 5.75 Å². The molecule has 0 saturated heterocycles. The molecule has 0 atom stereocenters. The highest BCUT2D eigenvalue weighted by atomic mass is 35.5. The van der Waals surface area contributed by atoms with E-state index in [4.69, 9.17) is 16.3 Å². The number of benzene rings is 1. The summed E-state index contributed by atoms with van der Waals surface area (Å²) >= 11 is 5.81. The summed E-state index contributed by atoms with van der Waals surface area (Å²) in [4.78, 5) is 4.13. The Morgan fingerprint density at radius 2 is 2.00 bits per heavy atom. The Labute approximate surface area is 106 Å². The van der Waals surface area contributed by atoms with Crippen LogP contribution in [0.4, 0.5) is 0 Å². The highest BCUT2D eigenvalue weighted by Crippen LogP contribution is 2.17. The molecule has 1 aromatic carbocycles. The highest BCUT2D eigenvalue weighted by Gasteiger charge is 2.05. The Hall–Kier alpha value is -1.48.